The standard InChI is InChI=1S/C20H23NO4/c1-14-9-10-17(11-18(14)25-3)12-19(22)21(15(2)20(23)24)13-16-7-5-4-6-8-16/h4-11,15H,12-13H2,1-3H3,(H,23,24). The van der Waals surface area contributed by atoms with Gasteiger partial charge in [-0.3, -0.25) is 4.79 Å². The molecular weight excluding hydrogens is 318 g/mol. The third-order valence-corrected chi connectivity index (χ3v) is 4.17. The maximum Gasteiger partial charge on any atom is 0.326 e. The van der Waals surface area contributed by atoms with Gasteiger partial charge in [0.2, 0.25) is 5.91 Å². The summed E-state index contributed by atoms with van der Waals surface area (Å²) < 4.78 is 5.29. The average molecular weight is 341 g/mol. The summed E-state index contributed by atoms with van der Waals surface area (Å²) in [5, 5.41) is 9.35. The zero-order valence-electron chi connectivity index (χ0n) is 14.7. The lowest BCUT2D eigenvalue weighted by Crippen LogP contribution is -2.43. The maximum absolute atomic E-state index is 12.8. The molecule has 0 radical (unpaired) electrons. The number of methoxy groups -OCH3 is 1. The van der Waals surface area contributed by atoms with Crippen LogP contribution in [0.25, 0.3) is 0 Å². The summed E-state index contributed by atoms with van der Waals surface area (Å²) >= 11 is 0. The molecule has 5 heteroatoms. The fraction of sp³-hybridized carbons (Fsp3) is 0.300. The summed E-state index contributed by atoms with van der Waals surface area (Å²) in [5.41, 5.74) is 2.67. The number of carboxylic acid groups (broad SMARTS) is 1. The molecule has 2 aromatic rings. The summed E-state index contributed by atoms with van der Waals surface area (Å²) in [5.74, 6) is -0.540. The second kappa shape index (κ2) is 8.33. The minimum Gasteiger partial charge on any atom is -0.496 e. The van der Waals surface area contributed by atoms with Gasteiger partial charge in [-0.2, -0.15) is 0 Å². The van der Waals surface area contributed by atoms with Gasteiger partial charge in [-0.1, -0.05) is 42.5 Å². The van der Waals surface area contributed by atoms with E-state index in [1.54, 1.807) is 7.11 Å². The third-order valence-electron chi connectivity index (χ3n) is 4.17. The van der Waals surface area contributed by atoms with Gasteiger partial charge >= 0.3 is 5.97 Å². The van der Waals surface area contributed by atoms with Gasteiger partial charge in [0.25, 0.3) is 0 Å². The highest BCUT2D eigenvalue weighted by atomic mass is 16.5. The molecule has 0 fully saturated rings. The molecule has 132 valence electrons. The van der Waals surface area contributed by atoms with E-state index in [9.17, 15) is 14.7 Å². The number of aryl methyl sites for hydroxylation is 1. The third kappa shape index (κ3) is 4.83. The Balaban J connectivity index is 2.21. The van der Waals surface area contributed by atoms with Crippen molar-refractivity contribution in [1.29, 1.82) is 0 Å². The van der Waals surface area contributed by atoms with Gasteiger partial charge < -0.3 is 14.7 Å². The Kier molecular flexibility index (Phi) is 6.17. The topological polar surface area (TPSA) is 66.8 Å². The van der Waals surface area contributed by atoms with Crippen molar-refractivity contribution < 1.29 is 19.4 Å². The van der Waals surface area contributed by atoms with Crippen molar-refractivity contribution in [3.63, 3.8) is 0 Å². The van der Waals surface area contributed by atoms with Gasteiger partial charge in [-0.25, -0.2) is 4.79 Å². The SMILES string of the molecule is COc1cc(CC(=O)N(Cc2ccccc2)C(C)C(=O)O)ccc1C. The number of carbonyl (C=O) groups excluding carboxylic acids is 1. The zero-order valence-corrected chi connectivity index (χ0v) is 14.7. The minimum atomic E-state index is -1.02. The molecule has 0 bridgehead atoms. The molecule has 0 aromatic heterocycles. The van der Waals surface area contributed by atoms with Gasteiger partial charge in [0.05, 0.1) is 13.5 Å². The normalized spacial score (nSPS) is 11.6. The molecule has 0 aliphatic carbocycles. The number of nitrogens with zero attached hydrogens (tertiary/aromatic N) is 1. The van der Waals surface area contributed by atoms with Crippen LogP contribution < -0.4 is 4.74 Å². The Bertz CT molecular complexity index is 743. The number of amides is 1. The highest BCUT2D eigenvalue weighted by Crippen LogP contribution is 2.20. The highest BCUT2D eigenvalue weighted by molar-refractivity contribution is 5.84. The van der Waals surface area contributed by atoms with E-state index >= 15 is 0 Å². The average Bonchev–Trinajstić information content (AvgIpc) is 2.61. The quantitative estimate of drug-likeness (QED) is 0.840. The molecule has 1 unspecified atom stereocenters. The second-order valence-corrected chi connectivity index (χ2v) is 6.00. The molecule has 2 rings (SSSR count). The van der Waals surface area contributed by atoms with E-state index in [1.807, 2.05) is 55.5 Å². The van der Waals surface area contributed by atoms with Crippen LogP contribution in [0.5, 0.6) is 5.75 Å². The van der Waals surface area contributed by atoms with Crippen LogP contribution in [0.2, 0.25) is 0 Å². The summed E-state index contributed by atoms with van der Waals surface area (Å²) in [6.07, 6.45) is 0.126. The lowest BCUT2D eigenvalue weighted by atomic mass is 10.1. The first-order chi connectivity index (χ1) is 11.9. The molecule has 0 aliphatic heterocycles. The number of carbonyl (C=O) groups is 2. The summed E-state index contributed by atoms with van der Waals surface area (Å²) in [7, 11) is 1.59. The van der Waals surface area contributed by atoms with Gasteiger partial charge in [-0.05, 0) is 36.6 Å². The van der Waals surface area contributed by atoms with Crippen LogP contribution >= 0.6 is 0 Å². The van der Waals surface area contributed by atoms with Gasteiger partial charge in [0, 0.05) is 6.54 Å². The molecule has 5 nitrogen and oxygen atoms in total. The van der Waals surface area contributed by atoms with Crippen LogP contribution in [0.3, 0.4) is 0 Å². The fourth-order valence-electron chi connectivity index (χ4n) is 2.61. The van der Waals surface area contributed by atoms with E-state index in [4.69, 9.17) is 4.74 Å². The van der Waals surface area contributed by atoms with Gasteiger partial charge in [0.15, 0.2) is 0 Å². The van der Waals surface area contributed by atoms with Crippen molar-refractivity contribution in [2.45, 2.75) is 32.9 Å². The van der Waals surface area contributed by atoms with Crippen LogP contribution in [0.4, 0.5) is 0 Å². The van der Waals surface area contributed by atoms with Crippen molar-refractivity contribution in [1.82, 2.24) is 4.90 Å². The molecule has 2 aromatic carbocycles. The minimum absolute atomic E-state index is 0.126. The number of aliphatic carboxylic acids is 1. The second-order valence-electron chi connectivity index (χ2n) is 6.00. The van der Waals surface area contributed by atoms with E-state index in [1.165, 1.54) is 11.8 Å². The maximum atomic E-state index is 12.8. The molecule has 1 amide bonds. The fourth-order valence-corrected chi connectivity index (χ4v) is 2.61. The Hall–Kier alpha value is -2.82. The van der Waals surface area contributed by atoms with Crippen molar-refractivity contribution in [2.75, 3.05) is 7.11 Å². The molecular formula is C20H23NO4. The predicted molar refractivity (Wildman–Crippen MR) is 95.5 cm³/mol. The van der Waals surface area contributed by atoms with Crippen molar-refractivity contribution in [2.24, 2.45) is 0 Å². The van der Waals surface area contributed by atoms with Crippen molar-refractivity contribution in [3.8, 4) is 5.75 Å². The summed E-state index contributed by atoms with van der Waals surface area (Å²) in [6.45, 7) is 3.72. The number of rotatable bonds is 7. The Morgan fingerprint density at radius 3 is 2.40 bits per heavy atom. The Morgan fingerprint density at radius 2 is 1.80 bits per heavy atom. The molecule has 1 N–H and O–H groups in total. The first-order valence-corrected chi connectivity index (χ1v) is 8.12. The smallest absolute Gasteiger partial charge is 0.326 e. The van der Waals surface area contributed by atoms with Crippen LogP contribution in [0.1, 0.15) is 23.6 Å². The van der Waals surface area contributed by atoms with Crippen LogP contribution in [0.15, 0.2) is 48.5 Å². The lowest BCUT2D eigenvalue weighted by Gasteiger charge is -2.27. The molecule has 0 saturated carbocycles. The monoisotopic (exact) mass is 341 g/mol. The Labute approximate surface area is 147 Å². The first kappa shape index (κ1) is 18.5. The number of hydrogen-bond acceptors (Lipinski definition) is 3. The zero-order chi connectivity index (χ0) is 18.4. The van der Waals surface area contributed by atoms with Crippen molar-refractivity contribution in [3.05, 3.63) is 65.2 Å². The molecule has 0 spiro atoms. The van der Waals surface area contributed by atoms with Crippen LogP contribution in [0, 0.1) is 6.92 Å². The van der Waals surface area contributed by atoms with E-state index in [0.717, 1.165) is 16.7 Å². The number of benzene rings is 2. The first-order valence-electron chi connectivity index (χ1n) is 8.12. The van der Waals surface area contributed by atoms with Gasteiger partial charge in [-0.15, -0.1) is 0 Å². The van der Waals surface area contributed by atoms with Crippen LogP contribution in [-0.2, 0) is 22.6 Å². The van der Waals surface area contributed by atoms with E-state index in [0.29, 0.717) is 5.75 Å². The molecule has 0 heterocycles. The molecule has 0 aliphatic rings. The van der Waals surface area contributed by atoms with Gasteiger partial charge in [0.1, 0.15) is 11.8 Å². The predicted octanol–water partition coefficient (Wildman–Crippen LogP) is 3.05. The number of carboxylic acids is 1. The van der Waals surface area contributed by atoms with E-state index < -0.39 is 12.0 Å². The summed E-state index contributed by atoms with van der Waals surface area (Å²) in [4.78, 5) is 25.6. The largest absolute Gasteiger partial charge is 0.496 e. The molecule has 0 saturated heterocycles. The highest BCUT2D eigenvalue weighted by Gasteiger charge is 2.25. The van der Waals surface area contributed by atoms with Crippen LogP contribution in [-0.4, -0.2) is 35.0 Å². The van der Waals surface area contributed by atoms with E-state index in [2.05, 4.69) is 0 Å². The molecule has 25 heavy (non-hydrogen) atoms. The van der Waals surface area contributed by atoms with Crippen molar-refractivity contribution >= 4 is 11.9 Å². The Morgan fingerprint density at radius 1 is 1.12 bits per heavy atom. The number of ether oxygens (including phenoxy) is 1. The van der Waals surface area contributed by atoms with E-state index in [-0.39, 0.29) is 18.9 Å². The summed E-state index contributed by atoms with van der Waals surface area (Å²) in [6, 6.07) is 14.1. The lowest BCUT2D eigenvalue weighted by molar-refractivity contribution is -0.149. The molecule has 1 atom stereocenters. The number of hydrogen-bond donors (Lipinski definition) is 1.